The predicted molar refractivity (Wildman–Crippen MR) is 80.3 cm³/mol. The summed E-state index contributed by atoms with van der Waals surface area (Å²) in [4.78, 5) is 4.39. The Kier molecular flexibility index (Phi) is 4.68. The maximum absolute atomic E-state index is 14.4. The molecule has 2 rings (SSSR count). The number of aryl methyl sites for hydroxylation is 3. The Morgan fingerprint density at radius 2 is 1.86 bits per heavy atom. The molecule has 0 aliphatic rings. The molecule has 112 valence electrons. The number of pyridine rings is 1. The molecule has 0 saturated carbocycles. The Balaban J connectivity index is 2.61. The van der Waals surface area contributed by atoms with Gasteiger partial charge in [-0.1, -0.05) is 19.1 Å². The van der Waals surface area contributed by atoms with Crippen molar-refractivity contribution in [1.82, 2.24) is 10.3 Å². The van der Waals surface area contributed by atoms with Crippen molar-refractivity contribution in [2.24, 2.45) is 0 Å². The molecule has 0 radical (unpaired) electrons. The molecular formula is C17H20F2N2. The van der Waals surface area contributed by atoms with Crippen molar-refractivity contribution in [3.05, 3.63) is 64.0 Å². The molecule has 1 aromatic heterocycles. The fourth-order valence-corrected chi connectivity index (χ4v) is 2.51. The third kappa shape index (κ3) is 3.10. The number of halogens is 2. The van der Waals surface area contributed by atoms with Crippen LogP contribution >= 0.6 is 0 Å². The Hall–Kier alpha value is -1.81. The van der Waals surface area contributed by atoms with E-state index in [1.54, 1.807) is 13.1 Å². The maximum Gasteiger partial charge on any atom is 0.134 e. The highest BCUT2D eigenvalue weighted by Crippen LogP contribution is 2.29. The van der Waals surface area contributed by atoms with Crippen LogP contribution in [0.1, 0.15) is 40.9 Å². The average molecular weight is 290 g/mol. The fourth-order valence-electron chi connectivity index (χ4n) is 2.51. The van der Waals surface area contributed by atoms with Crippen LogP contribution in [0.2, 0.25) is 0 Å². The number of aromatic nitrogens is 1. The zero-order valence-corrected chi connectivity index (χ0v) is 12.8. The van der Waals surface area contributed by atoms with Gasteiger partial charge in [-0.15, -0.1) is 0 Å². The molecule has 1 atom stereocenters. The number of benzene rings is 1. The Morgan fingerprint density at radius 1 is 1.14 bits per heavy atom. The van der Waals surface area contributed by atoms with Gasteiger partial charge in [0, 0.05) is 11.8 Å². The highest BCUT2D eigenvalue weighted by Gasteiger charge is 2.24. The molecule has 1 heterocycles. The lowest BCUT2D eigenvalue weighted by Crippen LogP contribution is -2.26. The van der Waals surface area contributed by atoms with Crippen molar-refractivity contribution in [3.63, 3.8) is 0 Å². The van der Waals surface area contributed by atoms with Crippen molar-refractivity contribution in [2.45, 2.75) is 33.7 Å². The van der Waals surface area contributed by atoms with Gasteiger partial charge < -0.3 is 5.32 Å². The van der Waals surface area contributed by atoms with Crippen LogP contribution in [0, 0.1) is 32.4 Å². The molecule has 21 heavy (non-hydrogen) atoms. The minimum Gasteiger partial charge on any atom is -0.305 e. The minimum absolute atomic E-state index is 0.0382. The van der Waals surface area contributed by atoms with E-state index in [2.05, 4.69) is 10.3 Å². The lowest BCUT2D eigenvalue weighted by Gasteiger charge is -2.21. The van der Waals surface area contributed by atoms with Crippen LogP contribution in [0.4, 0.5) is 8.78 Å². The van der Waals surface area contributed by atoms with Crippen LogP contribution in [0.3, 0.4) is 0 Å². The lowest BCUT2D eigenvalue weighted by atomic mass is 9.96. The third-order valence-corrected chi connectivity index (χ3v) is 3.55. The molecule has 0 aliphatic carbocycles. The van der Waals surface area contributed by atoms with Crippen LogP contribution < -0.4 is 5.32 Å². The van der Waals surface area contributed by atoms with E-state index in [4.69, 9.17) is 0 Å². The van der Waals surface area contributed by atoms with Gasteiger partial charge in [0.2, 0.25) is 0 Å². The Labute approximate surface area is 124 Å². The maximum atomic E-state index is 14.4. The molecular weight excluding hydrogens is 270 g/mol. The van der Waals surface area contributed by atoms with Crippen LogP contribution in [-0.4, -0.2) is 11.5 Å². The second kappa shape index (κ2) is 6.31. The van der Waals surface area contributed by atoms with E-state index in [1.165, 1.54) is 12.1 Å². The summed E-state index contributed by atoms with van der Waals surface area (Å²) in [6.45, 7) is 7.98. The average Bonchev–Trinajstić information content (AvgIpc) is 2.43. The van der Waals surface area contributed by atoms with Gasteiger partial charge in [-0.3, -0.25) is 4.98 Å². The zero-order valence-electron chi connectivity index (χ0n) is 12.8. The van der Waals surface area contributed by atoms with Crippen LogP contribution in [0.15, 0.2) is 24.4 Å². The van der Waals surface area contributed by atoms with E-state index >= 15 is 0 Å². The number of nitrogens with zero attached hydrogens (tertiary/aromatic N) is 1. The van der Waals surface area contributed by atoms with Gasteiger partial charge in [-0.25, -0.2) is 8.78 Å². The Bertz CT molecular complexity index is 653. The number of hydrogen-bond donors (Lipinski definition) is 1. The summed E-state index contributed by atoms with van der Waals surface area (Å²) in [5, 5.41) is 3.14. The SMILES string of the molecule is CCNC(c1ncc(C)cc1C)c1c(F)ccc(C)c1F. The molecule has 0 amide bonds. The highest BCUT2D eigenvalue weighted by atomic mass is 19.1. The summed E-state index contributed by atoms with van der Waals surface area (Å²) in [5.74, 6) is -1.06. The molecule has 1 N–H and O–H groups in total. The molecule has 1 aromatic carbocycles. The molecule has 2 nitrogen and oxygen atoms in total. The second-order valence-corrected chi connectivity index (χ2v) is 5.30. The number of hydrogen-bond acceptors (Lipinski definition) is 2. The summed E-state index contributed by atoms with van der Waals surface area (Å²) in [6.07, 6.45) is 1.72. The zero-order chi connectivity index (χ0) is 15.6. The molecule has 0 aliphatic heterocycles. The van der Waals surface area contributed by atoms with E-state index in [1.807, 2.05) is 26.8 Å². The number of rotatable bonds is 4. The first-order chi connectivity index (χ1) is 9.95. The summed E-state index contributed by atoms with van der Waals surface area (Å²) < 4.78 is 28.6. The molecule has 0 fully saturated rings. The molecule has 2 aromatic rings. The first-order valence-electron chi connectivity index (χ1n) is 7.06. The smallest absolute Gasteiger partial charge is 0.134 e. The Morgan fingerprint density at radius 3 is 2.48 bits per heavy atom. The van der Waals surface area contributed by atoms with Gasteiger partial charge in [-0.2, -0.15) is 0 Å². The van der Waals surface area contributed by atoms with Crippen molar-refractivity contribution in [1.29, 1.82) is 0 Å². The van der Waals surface area contributed by atoms with Gasteiger partial charge in [0.05, 0.1) is 11.7 Å². The summed E-state index contributed by atoms with van der Waals surface area (Å²) in [5.41, 5.74) is 3.07. The van der Waals surface area contributed by atoms with E-state index in [0.29, 0.717) is 17.8 Å². The molecule has 1 unspecified atom stereocenters. The van der Waals surface area contributed by atoms with E-state index in [9.17, 15) is 8.78 Å². The first-order valence-corrected chi connectivity index (χ1v) is 7.06. The topological polar surface area (TPSA) is 24.9 Å². The minimum atomic E-state index is -0.588. The van der Waals surface area contributed by atoms with Gasteiger partial charge in [-0.05, 0) is 50.1 Å². The molecule has 0 bridgehead atoms. The van der Waals surface area contributed by atoms with Gasteiger partial charge >= 0.3 is 0 Å². The number of nitrogens with one attached hydrogen (secondary N) is 1. The molecule has 4 heteroatoms. The second-order valence-electron chi connectivity index (χ2n) is 5.30. The van der Waals surface area contributed by atoms with Crippen LogP contribution in [0.25, 0.3) is 0 Å². The van der Waals surface area contributed by atoms with E-state index < -0.39 is 17.7 Å². The summed E-state index contributed by atoms with van der Waals surface area (Å²) in [7, 11) is 0. The van der Waals surface area contributed by atoms with Crippen molar-refractivity contribution < 1.29 is 8.78 Å². The predicted octanol–water partition coefficient (Wildman–Crippen LogP) is 3.98. The largest absolute Gasteiger partial charge is 0.305 e. The molecule has 0 spiro atoms. The van der Waals surface area contributed by atoms with Crippen LogP contribution in [0.5, 0.6) is 0 Å². The van der Waals surface area contributed by atoms with Crippen molar-refractivity contribution >= 4 is 0 Å². The van der Waals surface area contributed by atoms with Crippen molar-refractivity contribution in [2.75, 3.05) is 6.54 Å². The highest BCUT2D eigenvalue weighted by molar-refractivity contribution is 5.37. The summed E-state index contributed by atoms with van der Waals surface area (Å²) >= 11 is 0. The van der Waals surface area contributed by atoms with E-state index in [-0.39, 0.29) is 5.56 Å². The third-order valence-electron chi connectivity index (χ3n) is 3.55. The summed E-state index contributed by atoms with van der Waals surface area (Å²) in [6, 6.07) is 4.14. The standard InChI is InChI=1S/C17H20F2N2/c1-5-20-17(16-12(4)8-10(2)9-21-16)14-13(18)7-6-11(3)15(14)19/h6-9,17,20H,5H2,1-4H3. The quantitative estimate of drug-likeness (QED) is 0.921. The van der Waals surface area contributed by atoms with E-state index in [0.717, 1.165) is 11.1 Å². The molecule has 0 saturated heterocycles. The van der Waals surface area contributed by atoms with Gasteiger partial charge in [0.1, 0.15) is 11.6 Å². The first kappa shape index (κ1) is 15.6. The van der Waals surface area contributed by atoms with Crippen molar-refractivity contribution in [3.8, 4) is 0 Å². The van der Waals surface area contributed by atoms with Crippen LogP contribution in [-0.2, 0) is 0 Å². The fraction of sp³-hybridized carbons (Fsp3) is 0.353. The lowest BCUT2D eigenvalue weighted by molar-refractivity contribution is 0.500. The van der Waals surface area contributed by atoms with Gasteiger partial charge in [0.25, 0.3) is 0 Å². The van der Waals surface area contributed by atoms with Gasteiger partial charge in [0.15, 0.2) is 0 Å². The normalized spacial score (nSPS) is 12.5. The monoisotopic (exact) mass is 290 g/mol.